The molecule has 0 aromatic heterocycles. The van der Waals surface area contributed by atoms with E-state index in [4.69, 9.17) is 4.74 Å². The van der Waals surface area contributed by atoms with Crippen LogP contribution in [0.4, 0.5) is 4.79 Å². The van der Waals surface area contributed by atoms with Crippen molar-refractivity contribution in [2.24, 2.45) is 4.99 Å². The summed E-state index contributed by atoms with van der Waals surface area (Å²) in [4.78, 5) is 15.6. The molecule has 0 heterocycles. The summed E-state index contributed by atoms with van der Waals surface area (Å²) in [5.41, 5.74) is 0.351. The highest BCUT2D eigenvalue weighted by Gasteiger charge is 2.15. The molecule has 158 valence electrons. The molecule has 0 fully saturated rings. The number of ether oxygens (including phenoxy) is 1. The number of carbonyl (C=O) groups is 1. The van der Waals surface area contributed by atoms with Crippen LogP contribution in [0.3, 0.4) is 0 Å². The molecule has 0 unspecified atom stereocenters. The first-order chi connectivity index (χ1) is 13.1. The highest BCUT2D eigenvalue weighted by atomic mass is 32.2. The van der Waals surface area contributed by atoms with Gasteiger partial charge in [0.05, 0.1) is 5.75 Å². The number of guanidine groups is 1. The third-order valence-electron chi connectivity index (χ3n) is 3.31. The standard InChI is InChI=1S/C18H31N5O4S/c1-18(2,3)27-17(24)22-11-10-20-16(19-4)21-12-13-28(25,26)23-14-15-8-6-5-7-9-15/h5-9,23H,10-14H2,1-4H3,(H,22,24)(H2,19,20,21). The van der Waals surface area contributed by atoms with Crippen molar-refractivity contribution in [3.8, 4) is 0 Å². The summed E-state index contributed by atoms with van der Waals surface area (Å²) >= 11 is 0. The number of aliphatic imine (C=N–C) groups is 1. The zero-order chi connectivity index (χ0) is 21.0. The highest BCUT2D eigenvalue weighted by molar-refractivity contribution is 7.89. The van der Waals surface area contributed by atoms with Crippen LogP contribution in [0.5, 0.6) is 0 Å². The van der Waals surface area contributed by atoms with E-state index in [1.54, 1.807) is 27.8 Å². The smallest absolute Gasteiger partial charge is 0.407 e. The number of rotatable bonds is 9. The van der Waals surface area contributed by atoms with Crippen LogP contribution < -0.4 is 20.7 Å². The van der Waals surface area contributed by atoms with E-state index in [0.717, 1.165) is 5.56 Å². The van der Waals surface area contributed by atoms with Crippen LogP contribution in [-0.2, 0) is 21.3 Å². The fourth-order valence-corrected chi connectivity index (χ4v) is 2.95. The summed E-state index contributed by atoms with van der Waals surface area (Å²) in [7, 11) is -1.82. The second kappa shape index (κ2) is 11.5. The summed E-state index contributed by atoms with van der Waals surface area (Å²) in [5.74, 6) is 0.362. The molecule has 1 aromatic rings. The van der Waals surface area contributed by atoms with Gasteiger partial charge in [-0.3, -0.25) is 4.99 Å². The quantitative estimate of drug-likeness (QED) is 0.270. The Kier molecular flexibility index (Phi) is 9.74. The van der Waals surface area contributed by atoms with Crippen LogP contribution in [0.2, 0.25) is 0 Å². The first-order valence-electron chi connectivity index (χ1n) is 9.04. The molecule has 0 atom stereocenters. The second-order valence-electron chi connectivity index (χ2n) is 6.98. The minimum atomic E-state index is -3.41. The molecular formula is C18H31N5O4S. The van der Waals surface area contributed by atoms with E-state index < -0.39 is 21.7 Å². The Morgan fingerprint density at radius 3 is 2.25 bits per heavy atom. The lowest BCUT2D eigenvalue weighted by atomic mass is 10.2. The number of carbonyl (C=O) groups excluding carboxylic acids is 1. The Balaban J connectivity index is 2.24. The molecule has 0 saturated heterocycles. The average molecular weight is 414 g/mol. The number of nitrogens with zero attached hydrogens (tertiary/aromatic N) is 1. The van der Waals surface area contributed by atoms with Crippen LogP contribution in [0.25, 0.3) is 0 Å². The average Bonchev–Trinajstić information content (AvgIpc) is 2.61. The molecule has 28 heavy (non-hydrogen) atoms. The predicted molar refractivity (Wildman–Crippen MR) is 111 cm³/mol. The van der Waals surface area contributed by atoms with Crippen molar-refractivity contribution in [2.45, 2.75) is 32.9 Å². The Bertz CT molecular complexity index is 730. The normalized spacial score (nSPS) is 12.4. The number of sulfonamides is 1. The van der Waals surface area contributed by atoms with Crippen molar-refractivity contribution < 1.29 is 17.9 Å². The van der Waals surface area contributed by atoms with Crippen molar-refractivity contribution in [1.82, 2.24) is 20.7 Å². The maximum absolute atomic E-state index is 12.1. The Morgan fingerprint density at radius 2 is 1.64 bits per heavy atom. The molecule has 9 nitrogen and oxygen atoms in total. The number of alkyl carbamates (subject to hydrolysis) is 1. The van der Waals surface area contributed by atoms with Crippen molar-refractivity contribution in [3.63, 3.8) is 0 Å². The first-order valence-corrected chi connectivity index (χ1v) is 10.7. The van der Waals surface area contributed by atoms with Gasteiger partial charge in [0, 0.05) is 33.2 Å². The molecule has 0 aliphatic heterocycles. The van der Waals surface area contributed by atoms with Crippen molar-refractivity contribution in [2.75, 3.05) is 32.4 Å². The summed E-state index contributed by atoms with van der Waals surface area (Å²) in [5, 5.41) is 8.53. The lowest BCUT2D eigenvalue weighted by Crippen LogP contribution is -2.44. The summed E-state index contributed by atoms with van der Waals surface area (Å²) < 4.78 is 31.8. The van der Waals surface area contributed by atoms with E-state index in [9.17, 15) is 13.2 Å². The van der Waals surface area contributed by atoms with Gasteiger partial charge >= 0.3 is 6.09 Å². The maximum atomic E-state index is 12.1. The monoisotopic (exact) mass is 413 g/mol. The molecule has 4 N–H and O–H groups in total. The van der Waals surface area contributed by atoms with Gasteiger partial charge in [-0.1, -0.05) is 30.3 Å². The van der Waals surface area contributed by atoms with E-state index in [-0.39, 0.29) is 18.8 Å². The summed E-state index contributed by atoms with van der Waals surface area (Å²) in [6.07, 6.45) is -0.493. The molecule has 1 rings (SSSR count). The minimum Gasteiger partial charge on any atom is -0.444 e. The maximum Gasteiger partial charge on any atom is 0.407 e. The van der Waals surface area contributed by atoms with Gasteiger partial charge in [0.25, 0.3) is 0 Å². The molecule has 0 spiro atoms. The molecule has 0 saturated carbocycles. The largest absolute Gasteiger partial charge is 0.444 e. The Hall–Kier alpha value is -2.33. The summed E-state index contributed by atoms with van der Waals surface area (Å²) in [6, 6.07) is 9.32. The Labute approximate surface area is 167 Å². The fraction of sp³-hybridized carbons (Fsp3) is 0.556. The van der Waals surface area contributed by atoms with Crippen LogP contribution in [0.15, 0.2) is 35.3 Å². The lowest BCUT2D eigenvalue weighted by molar-refractivity contribution is 0.0529. The van der Waals surface area contributed by atoms with E-state index >= 15 is 0 Å². The molecule has 0 aliphatic rings. The summed E-state index contributed by atoms with van der Waals surface area (Å²) in [6.45, 7) is 6.58. The zero-order valence-electron chi connectivity index (χ0n) is 16.9. The van der Waals surface area contributed by atoms with Crippen LogP contribution in [-0.4, -0.2) is 58.5 Å². The third kappa shape index (κ3) is 11.4. The van der Waals surface area contributed by atoms with Gasteiger partial charge in [0.15, 0.2) is 5.96 Å². The van der Waals surface area contributed by atoms with E-state index in [1.807, 2.05) is 30.3 Å². The van der Waals surface area contributed by atoms with E-state index in [1.165, 1.54) is 0 Å². The van der Waals surface area contributed by atoms with Gasteiger partial charge in [-0.15, -0.1) is 0 Å². The van der Waals surface area contributed by atoms with Gasteiger partial charge in [0.1, 0.15) is 5.60 Å². The van der Waals surface area contributed by atoms with Crippen molar-refractivity contribution in [1.29, 1.82) is 0 Å². The Morgan fingerprint density at radius 1 is 1.04 bits per heavy atom. The molecule has 1 amide bonds. The van der Waals surface area contributed by atoms with E-state index in [0.29, 0.717) is 19.0 Å². The van der Waals surface area contributed by atoms with E-state index in [2.05, 4.69) is 25.7 Å². The second-order valence-corrected chi connectivity index (χ2v) is 8.91. The van der Waals surface area contributed by atoms with Crippen molar-refractivity contribution in [3.05, 3.63) is 35.9 Å². The van der Waals surface area contributed by atoms with Crippen LogP contribution in [0.1, 0.15) is 26.3 Å². The van der Waals surface area contributed by atoms with Crippen LogP contribution in [0, 0.1) is 0 Å². The number of nitrogens with one attached hydrogen (secondary N) is 4. The van der Waals surface area contributed by atoms with Gasteiger partial charge in [-0.05, 0) is 26.3 Å². The van der Waals surface area contributed by atoms with Gasteiger partial charge in [-0.2, -0.15) is 0 Å². The molecule has 1 aromatic carbocycles. The number of hydrogen-bond donors (Lipinski definition) is 4. The topological polar surface area (TPSA) is 121 Å². The number of hydrogen-bond acceptors (Lipinski definition) is 5. The lowest BCUT2D eigenvalue weighted by Gasteiger charge is -2.19. The highest BCUT2D eigenvalue weighted by Crippen LogP contribution is 2.05. The number of benzene rings is 1. The molecular weight excluding hydrogens is 382 g/mol. The minimum absolute atomic E-state index is 0.0866. The van der Waals surface area contributed by atoms with Gasteiger partial charge < -0.3 is 20.7 Å². The fourth-order valence-electron chi connectivity index (χ4n) is 2.05. The zero-order valence-corrected chi connectivity index (χ0v) is 17.7. The molecule has 0 aliphatic carbocycles. The SMILES string of the molecule is CN=C(NCCNC(=O)OC(C)(C)C)NCCS(=O)(=O)NCc1ccccc1. The van der Waals surface area contributed by atoms with Crippen LogP contribution >= 0.6 is 0 Å². The molecule has 0 bridgehead atoms. The third-order valence-corrected chi connectivity index (χ3v) is 4.64. The first kappa shape index (κ1) is 23.7. The van der Waals surface area contributed by atoms with Gasteiger partial charge in [0.2, 0.25) is 10.0 Å². The predicted octanol–water partition coefficient (Wildman–Crippen LogP) is 0.796. The van der Waals surface area contributed by atoms with Crippen molar-refractivity contribution >= 4 is 22.1 Å². The van der Waals surface area contributed by atoms with Gasteiger partial charge in [-0.25, -0.2) is 17.9 Å². The molecule has 10 heteroatoms. The number of amides is 1. The molecule has 0 radical (unpaired) electrons.